The van der Waals surface area contributed by atoms with Crippen molar-refractivity contribution in [2.45, 2.75) is 12.5 Å². The van der Waals surface area contributed by atoms with Crippen molar-refractivity contribution < 1.29 is 0 Å². The van der Waals surface area contributed by atoms with Gasteiger partial charge < -0.3 is 9.80 Å². The Morgan fingerprint density at radius 2 is 1.90 bits per heavy atom. The lowest BCUT2D eigenvalue weighted by molar-refractivity contribution is 0.204. The molecule has 2 aliphatic heterocycles. The molecule has 2 heteroatoms. The molecule has 0 unspecified atom stereocenters. The van der Waals surface area contributed by atoms with Crippen LogP contribution in [0, 0.1) is 5.92 Å². The zero-order chi connectivity index (χ0) is 7.14. The van der Waals surface area contributed by atoms with Crippen molar-refractivity contribution in [1.29, 1.82) is 0 Å². The first kappa shape index (κ1) is 6.62. The van der Waals surface area contributed by atoms with Crippen LogP contribution in [0.3, 0.4) is 0 Å². The summed E-state index contributed by atoms with van der Waals surface area (Å²) in [4.78, 5) is 4.97. The molecule has 2 heterocycles. The van der Waals surface area contributed by atoms with Gasteiger partial charge in [0.25, 0.3) is 0 Å². The summed E-state index contributed by atoms with van der Waals surface area (Å²) in [6, 6.07) is 0.865. The summed E-state index contributed by atoms with van der Waals surface area (Å²) >= 11 is 0. The molecule has 0 aromatic heterocycles. The third kappa shape index (κ3) is 0.956. The fourth-order valence-corrected chi connectivity index (χ4v) is 2.42. The van der Waals surface area contributed by atoms with E-state index >= 15 is 0 Å². The van der Waals surface area contributed by atoms with E-state index in [1.807, 2.05) is 0 Å². The van der Waals surface area contributed by atoms with E-state index in [1.54, 1.807) is 0 Å². The summed E-state index contributed by atoms with van der Waals surface area (Å²) in [6.07, 6.45) is 1.45. The molecule has 2 rings (SSSR count). The first-order chi connectivity index (χ1) is 4.75. The molecule has 2 atom stereocenters. The van der Waals surface area contributed by atoms with Crippen LogP contribution in [0.5, 0.6) is 0 Å². The zero-order valence-corrected chi connectivity index (χ0v) is 6.88. The topological polar surface area (TPSA) is 6.48 Å². The summed E-state index contributed by atoms with van der Waals surface area (Å²) in [5.74, 6) is 0.966. The van der Waals surface area contributed by atoms with Gasteiger partial charge in [-0.2, -0.15) is 0 Å². The molecule has 0 aliphatic carbocycles. The summed E-state index contributed by atoms with van der Waals surface area (Å²) in [7, 11) is 4.49. The Kier molecular flexibility index (Phi) is 1.46. The molecule has 0 N–H and O–H groups in total. The van der Waals surface area contributed by atoms with Crippen LogP contribution in [0.4, 0.5) is 0 Å². The first-order valence-electron chi connectivity index (χ1n) is 4.14. The van der Waals surface area contributed by atoms with Crippen molar-refractivity contribution in [3.05, 3.63) is 0 Å². The molecule has 10 heavy (non-hydrogen) atoms. The van der Waals surface area contributed by atoms with Crippen LogP contribution in [-0.4, -0.2) is 49.6 Å². The predicted octanol–water partition coefficient (Wildman–Crippen LogP) is 0.252. The van der Waals surface area contributed by atoms with E-state index in [-0.39, 0.29) is 0 Å². The molecule has 0 radical (unpaired) electrons. The van der Waals surface area contributed by atoms with Crippen LogP contribution >= 0.6 is 0 Å². The summed E-state index contributed by atoms with van der Waals surface area (Å²) < 4.78 is 0. The molecule has 2 fully saturated rings. The van der Waals surface area contributed by atoms with Gasteiger partial charge in [-0.3, -0.25) is 0 Å². The van der Waals surface area contributed by atoms with Gasteiger partial charge in [-0.25, -0.2) is 0 Å². The lowest BCUT2D eigenvalue weighted by Gasteiger charge is -2.28. The highest BCUT2D eigenvalue weighted by molar-refractivity contribution is 4.90. The second-order valence-corrected chi connectivity index (χ2v) is 3.92. The number of piperidine rings is 1. The number of hydrogen-bond donors (Lipinski definition) is 0. The SMILES string of the molecule is CN1C[C@H]2C[C@@H](C1)N(C)C2. The van der Waals surface area contributed by atoms with Crippen LogP contribution in [0.1, 0.15) is 6.42 Å². The number of hydrogen-bond acceptors (Lipinski definition) is 2. The normalized spacial score (nSPS) is 42.6. The lowest BCUT2D eigenvalue weighted by atomic mass is 10.0. The standard InChI is InChI=1S/C8H16N2/c1-9-4-7-3-8(6-9)10(2)5-7/h7-8H,3-6H2,1-2H3/t7-,8+/m1/s1. The molecule has 58 valence electrons. The van der Waals surface area contributed by atoms with Gasteiger partial charge in [0.15, 0.2) is 0 Å². The molecule has 0 saturated carbocycles. The largest absolute Gasteiger partial charge is 0.304 e. The van der Waals surface area contributed by atoms with Crippen molar-refractivity contribution in [1.82, 2.24) is 9.80 Å². The number of likely N-dealkylation sites (N-methyl/N-ethyl adjacent to an activating group) is 2. The quantitative estimate of drug-likeness (QED) is 0.476. The molecule has 0 aromatic rings. The smallest absolute Gasteiger partial charge is 0.0223 e. The second-order valence-electron chi connectivity index (χ2n) is 3.92. The molecule has 0 amide bonds. The van der Waals surface area contributed by atoms with Crippen molar-refractivity contribution in [2.24, 2.45) is 5.92 Å². The number of rotatable bonds is 0. The maximum atomic E-state index is 2.51. The summed E-state index contributed by atoms with van der Waals surface area (Å²) in [5, 5.41) is 0. The number of likely N-dealkylation sites (tertiary alicyclic amines) is 2. The van der Waals surface area contributed by atoms with Crippen molar-refractivity contribution in [3.8, 4) is 0 Å². The number of nitrogens with zero attached hydrogens (tertiary/aromatic N) is 2. The summed E-state index contributed by atoms with van der Waals surface area (Å²) in [6.45, 7) is 3.93. The minimum atomic E-state index is 0.865. The third-order valence-corrected chi connectivity index (χ3v) is 2.87. The Morgan fingerprint density at radius 1 is 1.10 bits per heavy atom. The van der Waals surface area contributed by atoms with E-state index in [4.69, 9.17) is 0 Å². The molecule has 0 aromatic carbocycles. The van der Waals surface area contributed by atoms with Crippen LogP contribution in [-0.2, 0) is 0 Å². The Hall–Kier alpha value is -0.0800. The number of fused-ring (bicyclic) bond motifs is 2. The molecule has 0 spiro atoms. The van der Waals surface area contributed by atoms with Gasteiger partial charge in [-0.15, -0.1) is 0 Å². The minimum Gasteiger partial charge on any atom is -0.304 e. The van der Waals surface area contributed by atoms with Gasteiger partial charge >= 0.3 is 0 Å². The van der Waals surface area contributed by atoms with Gasteiger partial charge in [0.1, 0.15) is 0 Å². The van der Waals surface area contributed by atoms with E-state index in [1.165, 1.54) is 26.1 Å². The first-order valence-corrected chi connectivity index (χ1v) is 4.14. The van der Waals surface area contributed by atoms with Gasteiger partial charge in [-0.1, -0.05) is 0 Å². The molecule has 2 nitrogen and oxygen atoms in total. The fraction of sp³-hybridized carbons (Fsp3) is 1.00. The zero-order valence-electron chi connectivity index (χ0n) is 6.88. The second kappa shape index (κ2) is 2.21. The average Bonchev–Trinajstić information content (AvgIpc) is 2.07. The fourth-order valence-electron chi connectivity index (χ4n) is 2.42. The van der Waals surface area contributed by atoms with E-state index in [2.05, 4.69) is 23.9 Å². The highest BCUT2D eigenvalue weighted by Gasteiger charge is 2.34. The van der Waals surface area contributed by atoms with Gasteiger partial charge in [0.05, 0.1) is 0 Å². The van der Waals surface area contributed by atoms with Gasteiger partial charge in [0, 0.05) is 25.7 Å². The van der Waals surface area contributed by atoms with Crippen LogP contribution in [0.15, 0.2) is 0 Å². The highest BCUT2D eigenvalue weighted by atomic mass is 15.2. The molecular weight excluding hydrogens is 124 g/mol. The van der Waals surface area contributed by atoms with Crippen LogP contribution in [0.2, 0.25) is 0 Å². The van der Waals surface area contributed by atoms with E-state index in [9.17, 15) is 0 Å². The highest BCUT2D eigenvalue weighted by Crippen LogP contribution is 2.26. The minimum absolute atomic E-state index is 0.865. The van der Waals surface area contributed by atoms with E-state index in [0.29, 0.717) is 0 Å². The van der Waals surface area contributed by atoms with E-state index in [0.717, 1.165) is 12.0 Å². The summed E-state index contributed by atoms with van der Waals surface area (Å²) in [5.41, 5.74) is 0. The van der Waals surface area contributed by atoms with Crippen LogP contribution < -0.4 is 0 Å². The predicted molar refractivity (Wildman–Crippen MR) is 42.0 cm³/mol. The monoisotopic (exact) mass is 140 g/mol. The Bertz CT molecular complexity index is 130. The van der Waals surface area contributed by atoms with Gasteiger partial charge in [-0.05, 0) is 26.4 Å². The molecule has 2 saturated heterocycles. The van der Waals surface area contributed by atoms with Crippen molar-refractivity contribution in [2.75, 3.05) is 33.7 Å². The maximum Gasteiger partial charge on any atom is 0.0223 e. The Morgan fingerprint density at radius 3 is 2.60 bits per heavy atom. The molecule has 2 bridgehead atoms. The lowest BCUT2D eigenvalue weighted by Crippen LogP contribution is -2.38. The van der Waals surface area contributed by atoms with Crippen molar-refractivity contribution in [3.63, 3.8) is 0 Å². The van der Waals surface area contributed by atoms with Crippen LogP contribution in [0.25, 0.3) is 0 Å². The van der Waals surface area contributed by atoms with Gasteiger partial charge in [0.2, 0.25) is 0 Å². The van der Waals surface area contributed by atoms with E-state index < -0.39 is 0 Å². The Labute approximate surface area is 62.8 Å². The maximum absolute atomic E-state index is 2.51. The van der Waals surface area contributed by atoms with Crippen molar-refractivity contribution >= 4 is 0 Å². The molecule has 2 aliphatic rings. The average molecular weight is 140 g/mol. The third-order valence-electron chi connectivity index (χ3n) is 2.87. The molecular formula is C8H16N2. The Balaban J connectivity index is 2.06.